The summed E-state index contributed by atoms with van der Waals surface area (Å²) in [7, 11) is 1.60. The molecule has 6 nitrogen and oxygen atoms in total. The Kier molecular flexibility index (Phi) is 2.66. The molecule has 0 aliphatic heterocycles. The van der Waals surface area contributed by atoms with E-state index in [1.807, 2.05) is 26.1 Å². The van der Waals surface area contributed by atoms with Crippen LogP contribution in [-0.2, 0) is 0 Å². The van der Waals surface area contributed by atoms with Gasteiger partial charge in [0, 0.05) is 28.8 Å². The molecule has 0 aliphatic carbocycles. The van der Waals surface area contributed by atoms with Crippen LogP contribution < -0.4 is 4.74 Å². The fourth-order valence-electron chi connectivity index (χ4n) is 2.79. The van der Waals surface area contributed by atoms with Crippen LogP contribution in [0.5, 0.6) is 5.88 Å². The Bertz CT molecular complexity index is 981. The van der Waals surface area contributed by atoms with Gasteiger partial charge in [0.1, 0.15) is 5.76 Å². The average molecular weight is 294 g/mol. The molecule has 0 spiro atoms. The first kappa shape index (κ1) is 12.8. The number of aryl methyl sites for hydroxylation is 2. The maximum atomic E-state index is 5.24. The predicted octanol–water partition coefficient (Wildman–Crippen LogP) is 3.39. The number of aromatic nitrogens is 4. The molecule has 4 rings (SSSR count). The van der Waals surface area contributed by atoms with Crippen LogP contribution in [-0.4, -0.2) is 27.2 Å². The van der Waals surface area contributed by atoms with Gasteiger partial charge < -0.3 is 14.2 Å². The Hall–Kier alpha value is -2.89. The summed E-state index contributed by atoms with van der Waals surface area (Å²) in [6.07, 6.45) is 3.60. The van der Waals surface area contributed by atoms with Gasteiger partial charge in [-0.1, -0.05) is 5.16 Å². The molecule has 4 heterocycles. The van der Waals surface area contributed by atoms with Crippen LogP contribution in [0.15, 0.2) is 29.0 Å². The minimum atomic E-state index is 0.574. The van der Waals surface area contributed by atoms with Gasteiger partial charge in [0.2, 0.25) is 5.88 Å². The van der Waals surface area contributed by atoms with Crippen LogP contribution in [0.3, 0.4) is 0 Å². The van der Waals surface area contributed by atoms with E-state index in [0.717, 1.165) is 44.5 Å². The van der Waals surface area contributed by atoms with Gasteiger partial charge in [-0.2, -0.15) is 0 Å². The first-order valence-electron chi connectivity index (χ1n) is 6.92. The first-order chi connectivity index (χ1) is 10.7. The van der Waals surface area contributed by atoms with Crippen LogP contribution in [0.4, 0.5) is 0 Å². The van der Waals surface area contributed by atoms with Gasteiger partial charge in [-0.25, -0.2) is 4.98 Å². The number of pyridine rings is 2. The monoisotopic (exact) mass is 294 g/mol. The number of nitrogens with zero attached hydrogens (tertiary/aromatic N) is 3. The average Bonchev–Trinajstić information content (AvgIpc) is 3.05. The first-order valence-corrected chi connectivity index (χ1v) is 6.92. The zero-order chi connectivity index (χ0) is 15.3. The Labute approximate surface area is 126 Å². The molecule has 0 amide bonds. The number of methoxy groups -OCH3 is 1. The van der Waals surface area contributed by atoms with Crippen LogP contribution in [0.25, 0.3) is 33.1 Å². The molecule has 0 aromatic carbocycles. The lowest BCUT2D eigenvalue weighted by molar-refractivity contribution is 0.393. The normalized spacial score (nSPS) is 11.4. The summed E-state index contributed by atoms with van der Waals surface area (Å²) >= 11 is 0. The van der Waals surface area contributed by atoms with Crippen LogP contribution in [0.1, 0.15) is 11.5 Å². The zero-order valence-electron chi connectivity index (χ0n) is 12.5. The van der Waals surface area contributed by atoms with Gasteiger partial charge in [-0.15, -0.1) is 0 Å². The smallest absolute Gasteiger partial charge is 0.213 e. The van der Waals surface area contributed by atoms with E-state index in [2.05, 4.69) is 26.2 Å². The van der Waals surface area contributed by atoms with Crippen LogP contribution >= 0.6 is 0 Å². The van der Waals surface area contributed by atoms with Crippen molar-refractivity contribution in [3.05, 3.63) is 36.0 Å². The summed E-state index contributed by atoms with van der Waals surface area (Å²) in [6, 6.07) is 3.94. The number of hydrogen-bond acceptors (Lipinski definition) is 5. The SMILES string of the molecule is COc1cc2c(cn1)[nH]c1cc(-c3c(C)noc3C)cnc12. The minimum Gasteiger partial charge on any atom is -0.481 e. The van der Waals surface area contributed by atoms with Crippen molar-refractivity contribution < 1.29 is 9.26 Å². The van der Waals surface area contributed by atoms with E-state index in [1.54, 1.807) is 13.3 Å². The van der Waals surface area contributed by atoms with Crippen molar-refractivity contribution in [1.29, 1.82) is 0 Å². The second-order valence-electron chi connectivity index (χ2n) is 5.22. The fourth-order valence-corrected chi connectivity index (χ4v) is 2.79. The summed E-state index contributed by atoms with van der Waals surface area (Å²) in [6.45, 7) is 3.83. The highest BCUT2D eigenvalue weighted by Crippen LogP contribution is 2.31. The molecule has 0 unspecified atom stereocenters. The molecule has 0 fully saturated rings. The van der Waals surface area contributed by atoms with Crippen molar-refractivity contribution in [3.8, 4) is 17.0 Å². The minimum absolute atomic E-state index is 0.574. The third-order valence-electron chi connectivity index (χ3n) is 3.82. The standard InChI is InChI=1S/C16H14N4O2/c1-8-15(9(2)22-20-8)10-4-12-16(18-6-10)11-5-14(21-3)17-7-13(11)19-12/h4-7,19H,1-3H3. The van der Waals surface area contributed by atoms with E-state index in [4.69, 9.17) is 9.26 Å². The lowest BCUT2D eigenvalue weighted by Gasteiger charge is -2.00. The zero-order valence-corrected chi connectivity index (χ0v) is 12.5. The van der Waals surface area contributed by atoms with Gasteiger partial charge in [0.15, 0.2) is 0 Å². The molecular weight excluding hydrogens is 280 g/mol. The topological polar surface area (TPSA) is 76.8 Å². The van der Waals surface area contributed by atoms with Crippen molar-refractivity contribution >= 4 is 21.9 Å². The highest BCUT2D eigenvalue weighted by molar-refractivity contribution is 6.05. The molecule has 22 heavy (non-hydrogen) atoms. The quantitative estimate of drug-likeness (QED) is 0.613. The summed E-state index contributed by atoms with van der Waals surface area (Å²) in [5.74, 6) is 1.36. The van der Waals surface area contributed by atoms with Gasteiger partial charge in [-0.3, -0.25) is 4.98 Å². The lowest BCUT2D eigenvalue weighted by atomic mass is 10.1. The molecule has 0 aliphatic rings. The molecule has 0 saturated carbocycles. The van der Waals surface area contributed by atoms with E-state index in [-0.39, 0.29) is 0 Å². The summed E-state index contributed by atoms with van der Waals surface area (Å²) in [5.41, 5.74) is 5.60. The molecule has 0 bridgehead atoms. The summed E-state index contributed by atoms with van der Waals surface area (Å²) in [5, 5.41) is 4.99. The molecule has 110 valence electrons. The van der Waals surface area contributed by atoms with Crippen molar-refractivity contribution in [3.63, 3.8) is 0 Å². The molecule has 0 saturated heterocycles. The van der Waals surface area contributed by atoms with Crippen molar-refractivity contribution in [2.75, 3.05) is 7.11 Å². The van der Waals surface area contributed by atoms with E-state index >= 15 is 0 Å². The molecular formula is C16H14N4O2. The number of H-pyrrole nitrogens is 1. The molecule has 4 aromatic heterocycles. The number of fused-ring (bicyclic) bond motifs is 3. The Balaban J connectivity index is 1.97. The molecule has 0 atom stereocenters. The number of hydrogen-bond donors (Lipinski definition) is 1. The third kappa shape index (κ3) is 1.77. The van der Waals surface area contributed by atoms with E-state index < -0.39 is 0 Å². The number of nitrogens with one attached hydrogen (secondary N) is 1. The second-order valence-corrected chi connectivity index (χ2v) is 5.22. The number of aromatic amines is 1. The van der Waals surface area contributed by atoms with E-state index in [1.165, 1.54) is 0 Å². The maximum Gasteiger partial charge on any atom is 0.213 e. The highest BCUT2D eigenvalue weighted by atomic mass is 16.5. The van der Waals surface area contributed by atoms with Crippen molar-refractivity contribution in [2.45, 2.75) is 13.8 Å². The molecule has 1 N–H and O–H groups in total. The van der Waals surface area contributed by atoms with Gasteiger partial charge in [0.05, 0.1) is 35.6 Å². The predicted molar refractivity (Wildman–Crippen MR) is 82.9 cm³/mol. The molecule has 0 radical (unpaired) electrons. The second kappa shape index (κ2) is 4.56. The number of rotatable bonds is 2. The van der Waals surface area contributed by atoms with E-state index in [9.17, 15) is 0 Å². The summed E-state index contributed by atoms with van der Waals surface area (Å²) < 4.78 is 10.4. The lowest BCUT2D eigenvalue weighted by Crippen LogP contribution is -1.86. The highest BCUT2D eigenvalue weighted by Gasteiger charge is 2.14. The van der Waals surface area contributed by atoms with Crippen molar-refractivity contribution in [1.82, 2.24) is 20.1 Å². The Morgan fingerprint density at radius 1 is 1.09 bits per heavy atom. The molecule has 6 heteroatoms. The number of ether oxygens (including phenoxy) is 1. The van der Waals surface area contributed by atoms with Crippen LogP contribution in [0, 0.1) is 13.8 Å². The maximum absolute atomic E-state index is 5.24. The van der Waals surface area contributed by atoms with Gasteiger partial charge >= 0.3 is 0 Å². The summed E-state index contributed by atoms with van der Waals surface area (Å²) in [4.78, 5) is 12.2. The van der Waals surface area contributed by atoms with E-state index in [0.29, 0.717) is 5.88 Å². The van der Waals surface area contributed by atoms with Crippen LogP contribution in [0.2, 0.25) is 0 Å². The molecule has 4 aromatic rings. The Morgan fingerprint density at radius 3 is 2.68 bits per heavy atom. The fraction of sp³-hybridized carbons (Fsp3) is 0.188. The van der Waals surface area contributed by atoms with Gasteiger partial charge in [0.25, 0.3) is 0 Å². The van der Waals surface area contributed by atoms with Gasteiger partial charge in [-0.05, 0) is 19.9 Å². The third-order valence-corrected chi connectivity index (χ3v) is 3.82. The van der Waals surface area contributed by atoms with Crippen molar-refractivity contribution in [2.24, 2.45) is 0 Å². The Morgan fingerprint density at radius 2 is 1.95 bits per heavy atom. The largest absolute Gasteiger partial charge is 0.481 e.